The summed E-state index contributed by atoms with van der Waals surface area (Å²) in [5.41, 5.74) is 8.53. The van der Waals surface area contributed by atoms with Crippen LogP contribution in [0.3, 0.4) is 0 Å². The van der Waals surface area contributed by atoms with Gasteiger partial charge in [0.1, 0.15) is 5.75 Å². The fraction of sp³-hybridized carbons (Fsp3) is 0.133. The molecule has 19 heavy (non-hydrogen) atoms. The standard InChI is InChI=1S/C15H16N2O2/c1-10-8-14(19-2)13(9-12(10)16)17-15(18)11-6-4-3-5-7-11/h3-9H,16H2,1-2H3,(H,17,18). The van der Waals surface area contributed by atoms with Gasteiger partial charge in [-0.15, -0.1) is 0 Å². The highest BCUT2D eigenvalue weighted by Crippen LogP contribution is 2.29. The lowest BCUT2D eigenvalue weighted by molar-refractivity contribution is 0.102. The lowest BCUT2D eigenvalue weighted by atomic mass is 10.1. The molecule has 4 nitrogen and oxygen atoms in total. The number of carbonyl (C=O) groups excluding carboxylic acids is 1. The van der Waals surface area contributed by atoms with Crippen LogP contribution in [0.5, 0.6) is 5.75 Å². The first kappa shape index (κ1) is 13.0. The number of nitrogens with two attached hydrogens (primary N) is 1. The highest BCUT2D eigenvalue weighted by molar-refractivity contribution is 6.05. The van der Waals surface area contributed by atoms with Crippen molar-refractivity contribution < 1.29 is 9.53 Å². The van der Waals surface area contributed by atoms with Crippen LogP contribution in [-0.2, 0) is 0 Å². The molecular weight excluding hydrogens is 240 g/mol. The summed E-state index contributed by atoms with van der Waals surface area (Å²) in [5.74, 6) is 0.401. The molecule has 3 N–H and O–H groups in total. The molecular formula is C15H16N2O2. The van der Waals surface area contributed by atoms with Crippen molar-refractivity contribution in [3.8, 4) is 5.75 Å². The molecule has 0 fully saturated rings. The first-order chi connectivity index (χ1) is 9.11. The maximum absolute atomic E-state index is 12.1. The van der Waals surface area contributed by atoms with Gasteiger partial charge in [0.2, 0.25) is 0 Å². The van der Waals surface area contributed by atoms with Crippen LogP contribution in [0.25, 0.3) is 0 Å². The predicted molar refractivity (Wildman–Crippen MR) is 76.5 cm³/mol. The van der Waals surface area contributed by atoms with Crippen LogP contribution in [0.4, 0.5) is 11.4 Å². The number of aryl methyl sites for hydroxylation is 1. The zero-order valence-corrected chi connectivity index (χ0v) is 10.9. The fourth-order valence-electron chi connectivity index (χ4n) is 1.75. The second kappa shape index (κ2) is 5.44. The van der Waals surface area contributed by atoms with E-state index in [1.54, 1.807) is 31.4 Å². The van der Waals surface area contributed by atoms with Gasteiger partial charge in [0.25, 0.3) is 5.91 Å². The number of nitrogen functional groups attached to an aromatic ring is 1. The molecule has 0 unspecified atom stereocenters. The topological polar surface area (TPSA) is 64.3 Å². The number of carbonyl (C=O) groups is 1. The average molecular weight is 256 g/mol. The van der Waals surface area contributed by atoms with Crippen LogP contribution in [0.1, 0.15) is 15.9 Å². The lowest BCUT2D eigenvalue weighted by Gasteiger charge is -2.12. The zero-order valence-electron chi connectivity index (χ0n) is 10.9. The van der Waals surface area contributed by atoms with Crippen LogP contribution >= 0.6 is 0 Å². The molecule has 0 aromatic heterocycles. The van der Waals surface area contributed by atoms with Gasteiger partial charge >= 0.3 is 0 Å². The normalized spacial score (nSPS) is 10.0. The largest absolute Gasteiger partial charge is 0.495 e. The highest BCUT2D eigenvalue weighted by atomic mass is 16.5. The number of methoxy groups -OCH3 is 1. The van der Waals surface area contributed by atoms with Crippen molar-refractivity contribution in [2.45, 2.75) is 6.92 Å². The molecule has 0 saturated heterocycles. The molecule has 1 amide bonds. The number of ether oxygens (including phenoxy) is 1. The van der Waals surface area contributed by atoms with Crippen molar-refractivity contribution in [3.05, 3.63) is 53.6 Å². The smallest absolute Gasteiger partial charge is 0.255 e. The maximum atomic E-state index is 12.1. The molecule has 0 bridgehead atoms. The number of benzene rings is 2. The Morgan fingerprint density at radius 2 is 1.89 bits per heavy atom. The molecule has 0 atom stereocenters. The van der Waals surface area contributed by atoms with E-state index in [2.05, 4.69) is 5.32 Å². The van der Waals surface area contributed by atoms with E-state index in [0.717, 1.165) is 5.56 Å². The highest BCUT2D eigenvalue weighted by Gasteiger charge is 2.11. The number of nitrogens with one attached hydrogen (secondary N) is 1. The zero-order chi connectivity index (χ0) is 13.8. The molecule has 2 aromatic carbocycles. The van der Waals surface area contributed by atoms with Crippen LogP contribution in [0.2, 0.25) is 0 Å². The van der Waals surface area contributed by atoms with Crippen molar-refractivity contribution in [1.29, 1.82) is 0 Å². The number of anilines is 2. The number of amides is 1. The molecule has 4 heteroatoms. The number of rotatable bonds is 3. The van der Waals surface area contributed by atoms with E-state index in [-0.39, 0.29) is 5.91 Å². The van der Waals surface area contributed by atoms with Crippen molar-refractivity contribution in [1.82, 2.24) is 0 Å². The van der Waals surface area contributed by atoms with Crippen LogP contribution in [0.15, 0.2) is 42.5 Å². The minimum atomic E-state index is -0.192. The van der Waals surface area contributed by atoms with Gasteiger partial charge in [-0.2, -0.15) is 0 Å². The van der Waals surface area contributed by atoms with Crippen molar-refractivity contribution in [2.24, 2.45) is 0 Å². The van der Waals surface area contributed by atoms with Gasteiger partial charge in [-0.05, 0) is 36.8 Å². The Labute approximate surface area is 112 Å². The average Bonchev–Trinajstić information content (AvgIpc) is 2.43. The second-order valence-corrected chi connectivity index (χ2v) is 4.23. The third-order valence-electron chi connectivity index (χ3n) is 2.87. The molecule has 0 aliphatic heterocycles. The number of hydrogen-bond acceptors (Lipinski definition) is 3. The molecule has 0 aliphatic carbocycles. The Bertz CT molecular complexity index is 595. The predicted octanol–water partition coefficient (Wildman–Crippen LogP) is 2.84. The molecule has 0 radical (unpaired) electrons. The Morgan fingerprint density at radius 1 is 1.21 bits per heavy atom. The first-order valence-corrected chi connectivity index (χ1v) is 5.92. The second-order valence-electron chi connectivity index (χ2n) is 4.23. The third-order valence-corrected chi connectivity index (χ3v) is 2.87. The van der Waals surface area contributed by atoms with Gasteiger partial charge in [-0.1, -0.05) is 18.2 Å². The van der Waals surface area contributed by atoms with Crippen LogP contribution in [-0.4, -0.2) is 13.0 Å². The third kappa shape index (κ3) is 2.85. The number of hydrogen-bond donors (Lipinski definition) is 2. The van der Waals surface area contributed by atoms with Gasteiger partial charge in [-0.25, -0.2) is 0 Å². The summed E-state index contributed by atoms with van der Waals surface area (Å²) >= 11 is 0. The monoisotopic (exact) mass is 256 g/mol. The van der Waals surface area contributed by atoms with Crippen molar-refractivity contribution >= 4 is 17.3 Å². The van der Waals surface area contributed by atoms with E-state index in [9.17, 15) is 4.79 Å². The quantitative estimate of drug-likeness (QED) is 0.830. The van der Waals surface area contributed by atoms with E-state index in [0.29, 0.717) is 22.7 Å². The Balaban J connectivity index is 2.28. The minimum Gasteiger partial charge on any atom is -0.495 e. The van der Waals surface area contributed by atoms with E-state index in [4.69, 9.17) is 10.5 Å². The lowest BCUT2D eigenvalue weighted by Crippen LogP contribution is -2.13. The van der Waals surface area contributed by atoms with E-state index >= 15 is 0 Å². The maximum Gasteiger partial charge on any atom is 0.255 e. The summed E-state index contributed by atoms with van der Waals surface area (Å²) in [6.07, 6.45) is 0. The summed E-state index contributed by atoms with van der Waals surface area (Å²) in [6.45, 7) is 1.89. The first-order valence-electron chi connectivity index (χ1n) is 5.92. The SMILES string of the molecule is COc1cc(C)c(N)cc1NC(=O)c1ccccc1. The van der Waals surface area contributed by atoms with Gasteiger partial charge in [0.15, 0.2) is 0 Å². The molecule has 2 rings (SSSR count). The van der Waals surface area contributed by atoms with Crippen molar-refractivity contribution in [2.75, 3.05) is 18.2 Å². The summed E-state index contributed by atoms with van der Waals surface area (Å²) in [6, 6.07) is 12.5. The molecule has 0 saturated carbocycles. The summed E-state index contributed by atoms with van der Waals surface area (Å²) < 4.78 is 5.25. The van der Waals surface area contributed by atoms with Gasteiger partial charge < -0.3 is 15.8 Å². The molecule has 0 aliphatic rings. The summed E-state index contributed by atoms with van der Waals surface area (Å²) in [7, 11) is 1.56. The molecule has 0 heterocycles. The Kier molecular flexibility index (Phi) is 3.71. The Hall–Kier alpha value is -2.49. The van der Waals surface area contributed by atoms with Gasteiger partial charge in [0, 0.05) is 11.3 Å². The Morgan fingerprint density at radius 3 is 2.53 bits per heavy atom. The van der Waals surface area contributed by atoms with Crippen LogP contribution in [0, 0.1) is 6.92 Å². The summed E-state index contributed by atoms with van der Waals surface area (Å²) in [5, 5.41) is 2.80. The summed E-state index contributed by atoms with van der Waals surface area (Å²) in [4.78, 5) is 12.1. The van der Waals surface area contributed by atoms with E-state index < -0.39 is 0 Å². The van der Waals surface area contributed by atoms with E-state index in [1.807, 2.05) is 25.1 Å². The van der Waals surface area contributed by atoms with Crippen LogP contribution < -0.4 is 15.8 Å². The van der Waals surface area contributed by atoms with Gasteiger partial charge in [-0.3, -0.25) is 4.79 Å². The molecule has 98 valence electrons. The molecule has 2 aromatic rings. The van der Waals surface area contributed by atoms with Crippen molar-refractivity contribution in [3.63, 3.8) is 0 Å². The minimum absolute atomic E-state index is 0.192. The fourth-order valence-corrected chi connectivity index (χ4v) is 1.75. The molecule has 0 spiro atoms. The van der Waals surface area contributed by atoms with E-state index in [1.165, 1.54) is 0 Å². The van der Waals surface area contributed by atoms with Gasteiger partial charge in [0.05, 0.1) is 12.8 Å².